The lowest BCUT2D eigenvalue weighted by molar-refractivity contribution is 0.415. The molecule has 5 aromatic rings. The first kappa shape index (κ1) is 15.6. The fourth-order valence-corrected chi connectivity index (χ4v) is 3.63. The molecule has 0 aliphatic heterocycles. The molecule has 0 fully saturated rings. The number of aromatic nitrogens is 3. The maximum atomic E-state index is 13.3. The van der Waals surface area contributed by atoms with Crippen molar-refractivity contribution in [2.45, 2.75) is 6.54 Å². The topological polar surface area (TPSA) is 48.5 Å². The number of nitrogens with zero attached hydrogens (tertiary/aromatic N) is 3. The number of hydrogen-bond donors (Lipinski definition) is 0. The highest BCUT2D eigenvalue weighted by molar-refractivity contribution is 6.08. The normalized spacial score (nSPS) is 11.4. The second-order valence-corrected chi connectivity index (χ2v) is 6.51. The summed E-state index contributed by atoms with van der Waals surface area (Å²) in [5.74, 6) is 0.750. The van der Waals surface area contributed by atoms with Crippen molar-refractivity contribution in [3.63, 3.8) is 0 Å². The van der Waals surface area contributed by atoms with Crippen LogP contribution in [0.3, 0.4) is 0 Å². The minimum Gasteiger partial charge on any atom is -0.497 e. The highest BCUT2D eigenvalue weighted by Crippen LogP contribution is 2.29. The highest BCUT2D eigenvalue weighted by Gasteiger charge is 2.16. The number of rotatable bonds is 3. The van der Waals surface area contributed by atoms with E-state index in [0.29, 0.717) is 6.54 Å². The minimum atomic E-state index is -0.150. The van der Waals surface area contributed by atoms with E-state index in [2.05, 4.69) is 5.10 Å². The van der Waals surface area contributed by atoms with Gasteiger partial charge in [0.2, 0.25) is 0 Å². The van der Waals surface area contributed by atoms with Crippen LogP contribution in [-0.4, -0.2) is 21.3 Å². The number of fused-ring (bicyclic) bond motifs is 5. The van der Waals surface area contributed by atoms with Crippen LogP contribution in [-0.2, 0) is 6.54 Å². The second kappa shape index (κ2) is 5.99. The van der Waals surface area contributed by atoms with Crippen molar-refractivity contribution in [2.24, 2.45) is 0 Å². The molecule has 0 unspecified atom stereocenters. The van der Waals surface area contributed by atoms with E-state index in [-0.39, 0.29) is 5.69 Å². The summed E-state index contributed by atoms with van der Waals surface area (Å²) >= 11 is 0. The van der Waals surface area contributed by atoms with Gasteiger partial charge >= 0.3 is 5.69 Å². The van der Waals surface area contributed by atoms with E-state index in [1.54, 1.807) is 11.7 Å². The van der Waals surface area contributed by atoms with Crippen LogP contribution in [0.5, 0.6) is 5.75 Å². The third-order valence-corrected chi connectivity index (χ3v) is 4.92. The zero-order valence-corrected chi connectivity index (χ0v) is 14.8. The molecule has 0 atom stereocenters. The van der Waals surface area contributed by atoms with Crippen molar-refractivity contribution in [1.29, 1.82) is 0 Å². The Balaban J connectivity index is 1.93. The summed E-state index contributed by atoms with van der Waals surface area (Å²) in [4.78, 5) is 13.3. The Labute approximate surface area is 155 Å². The number of hydrogen-bond acceptors (Lipinski definition) is 3. The Kier molecular flexibility index (Phi) is 3.47. The van der Waals surface area contributed by atoms with Gasteiger partial charge in [0.05, 0.1) is 30.2 Å². The van der Waals surface area contributed by atoms with Crippen LogP contribution in [0.25, 0.3) is 27.3 Å². The molecule has 2 heterocycles. The van der Waals surface area contributed by atoms with Crippen LogP contribution < -0.4 is 10.4 Å². The Morgan fingerprint density at radius 1 is 0.926 bits per heavy atom. The predicted molar refractivity (Wildman–Crippen MR) is 107 cm³/mol. The molecule has 0 bridgehead atoms. The Morgan fingerprint density at radius 3 is 2.52 bits per heavy atom. The average Bonchev–Trinajstić information content (AvgIpc) is 3.11. The summed E-state index contributed by atoms with van der Waals surface area (Å²) in [6.45, 7) is 0.481. The van der Waals surface area contributed by atoms with Crippen LogP contribution in [0.2, 0.25) is 0 Å². The van der Waals surface area contributed by atoms with Gasteiger partial charge in [-0.25, -0.2) is 4.79 Å². The smallest absolute Gasteiger partial charge is 0.350 e. The molecule has 0 saturated carbocycles. The molecule has 0 N–H and O–H groups in total. The first-order chi connectivity index (χ1) is 13.3. The highest BCUT2D eigenvalue weighted by atomic mass is 16.5. The number of ether oxygens (including phenoxy) is 1. The van der Waals surface area contributed by atoms with E-state index in [1.807, 2.05) is 72.8 Å². The summed E-state index contributed by atoms with van der Waals surface area (Å²) in [6.07, 6.45) is 0. The lowest BCUT2D eigenvalue weighted by Crippen LogP contribution is -2.28. The third-order valence-electron chi connectivity index (χ3n) is 4.92. The van der Waals surface area contributed by atoms with Crippen molar-refractivity contribution >= 4 is 27.3 Å². The van der Waals surface area contributed by atoms with E-state index in [0.717, 1.165) is 38.6 Å². The maximum absolute atomic E-state index is 13.3. The molecule has 0 aliphatic carbocycles. The molecule has 3 aromatic carbocycles. The van der Waals surface area contributed by atoms with E-state index in [9.17, 15) is 4.79 Å². The van der Waals surface area contributed by atoms with Crippen molar-refractivity contribution < 1.29 is 4.74 Å². The van der Waals surface area contributed by atoms with Crippen LogP contribution in [0.4, 0.5) is 0 Å². The molecule has 2 aromatic heterocycles. The van der Waals surface area contributed by atoms with Gasteiger partial charge in [-0.2, -0.15) is 9.61 Å². The van der Waals surface area contributed by atoms with E-state index in [1.165, 1.54) is 4.52 Å². The van der Waals surface area contributed by atoms with E-state index in [4.69, 9.17) is 4.74 Å². The minimum absolute atomic E-state index is 0.150. The Morgan fingerprint density at radius 2 is 1.70 bits per heavy atom. The molecule has 5 nitrogen and oxygen atoms in total. The lowest BCUT2D eigenvalue weighted by atomic mass is 10.1. The molecule has 0 spiro atoms. The summed E-state index contributed by atoms with van der Waals surface area (Å²) in [5, 5.41) is 6.47. The molecule has 132 valence electrons. The molecular formula is C22H17N3O2. The van der Waals surface area contributed by atoms with Gasteiger partial charge in [-0.3, -0.25) is 4.57 Å². The van der Waals surface area contributed by atoms with Crippen LogP contribution in [0.1, 0.15) is 5.56 Å². The average molecular weight is 355 g/mol. The van der Waals surface area contributed by atoms with Crippen molar-refractivity contribution in [3.8, 4) is 5.75 Å². The van der Waals surface area contributed by atoms with Crippen LogP contribution in [0, 0.1) is 0 Å². The fraction of sp³-hybridized carbons (Fsp3) is 0.0909. The van der Waals surface area contributed by atoms with Gasteiger partial charge in [0.25, 0.3) is 0 Å². The molecule has 0 saturated heterocycles. The largest absolute Gasteiger partial charge is 0.497 e. The second-order valence-electron chi connectivity index (χ2n) is 6.51. The molecule has 0 amide bonds. The predicted octanol–water partition coefficient (Wildman–Crippen LogP) is 3.86. The van der Waals surface area contributed by atoms with Crippen LogP contribution >= 0.6 is 0 Å². The van der Waals surface area contributed by atoms with Gasteiger partial charge in [-0.15, -0.1) is 0 Å². The van der Waals surface area contributed by atoms with Gasteiger partial charge in [0, 0.05) is 10.8 Å². The zero-order valence-electron chi connectivity index (χ0n) is 14.8. The Bertz CT molecular complexity index is 1350. The van der Waals surface area contributed by atoms with Gasteiger partial charge in [-0.05, 0) is 29.8 Å². The van der Waals surface area contributed by atoms with Crippen molar-refractivity contribution in [2.75, 3.05) is 7.11 Å². The molecular weight excluding hydrogens is 338 g/mol. The van der Waals surface area contributed by atoms with Crippen LogP contribution in [0.15, 0.2) is 77.6 Å². The zero-order chi connectivity index (χ0) is 18.4. The summed E-state index contributed by atoms with van der Waals surface area (Å²) in [5.41, 5.74) is 3.39. The number of benzene rings is 3. The van der Waals surface area contributed by atoms with Gasteiger partial charge in [0.15, 0.2) is 0 Å². The van der Waals surface area contributed by atoms with Gasteiger partial charge in [-0.1, -0.05) is 48.5 Å². The van der Waals surface area contributed by atoms with Gasteiger partial charge < -0.3 is 4.74 Å². The SMILES string of the molecule is COc1ccc2c(c1)c1c3ccccc3nn1c(=O)n2Cc1ccccc1. The molecule has 5 heteroatoms. The Hall–Kier alpha value is -3.60. The molecule has 0 radical (unpaired) electrons. The quantitative estimate of drug-likeness (QED) is 0.494. The van der Waals surface area contributed by atoms with Gasteiger partial charge in [0.1, 0.15) is 5.75 Å². The standard InChI is InChI=1S/C22H17N3O2/c1-27-16-11-12-20-18(13-16)21-17-9-5-6-10-19(17)23-25(21)22(26)24(20)14-15-7-3-2-4-8-15/h2-13H,14H2,1H3. The summed E-state index contributed by atoms with van der Waals surface area (Å²) in [6, 6.07) is 23.6. The fourth-order valence-electron chi connectivity index (χ4n) is 3.63. The maximum Gasteiger partial charge on any atom is 0.350 e. The first-order valence-corrected chi connectivity index (χ1v) is 8.78. The first-order valence-electron chi connectivity index (χ1n) is 8.78. The molecule has 0 aliphatic rings. The lowest BCUT2D eigenvalue weighted by Gasteiger charge is -2.13. The van der Waals surface area contributed by atoms with E-state index >= 15 is 0 Å². The summed E-state index contributed by atoms with van der Waals surface area (Å²) in [7, 11) is 1.65. The third kappa shape index (κ3) is 2.39. The number of methoxy groups -OCH3 is 1. The molecule has 27 heavy (non-hydrogen) atoms. The van der Waals surface area contributed by atoms with Crippen molar-refractivity contribution in [3.05, 3.63) is 88.8 Å². The summed E-state index contributed by atoms with van der Waals surface area (Å²) < 4.78 is 8.71. The van der Waals surface area contributed by atoms with Crippen molar-refractivity contribution in [1.82, 2.24) is 14.2 Å². The monoisotopic (exact) mass is 355 g/mol. The molecule has 5 rings (SSSR count). The van der Waals surface area contributed by atoms with E-state index < -0.39 is 0 Å².